The lowest BCUT2D eigenvalue weighted by Gasteiger charge is -2.03. The second-order valence-electron chi connectivity index (χ2n) is 3.75. The largest absolute Gasteiger partial charge is 0.265 e. The maximum absolute atomic E-state index is 10.9. The van der Waals surface area contributed by atoms with Crippen LogP contribution in [0.25, 0.3) is 11.3 Å². The third-order valence-electron chi connectivity index (χ3n) is 2.25. The zero-order valence-corrected chi connectivity index (χ0v) is 10.6. The van der Waals surface area contributed by atoms with E-state index in [1.165, 1.54) is 0 Å². The van der Waals surface area contributed by atoms with Crippen molar-refractivity contribution >= 4 is 10.1 Å². The van der Waals surface area contributed by atoms with E-state index in [2.05, 4.69) is 9.97 Å². The zero-order valence-electron chi connectivity index (χ0n) is 9.78. The molecule has 1 aromatic heterocycles. The summed E-state index contributed by atoms with van der Waals surface area (Å²) in [6.45, 7) is 0.0413. The first-order chi connectivity index (χ1) is 8.54. The molecule has 0 fully saturated rings. The summed E-state index contributed by atoms with van der Waals surface area (Å²) >= 11 is 0. The Morgan fingerprint density at radius 2 is 1.89 bits per heavy atom. The number of hydrogen-bond donors (Lipinski definition) is 0. The molecule has 0 N–H and O–H groups in total. The van der Waals surface area contributed by atoms with Crippen molar-refractivity contribution in [1.29, 1.82) is 0 Å². The number of aromatic nitrogens is 2. The van der Waals surface area contributed by atoms with Gasteiger partial charge < -0.3 is 0 Å². The molecule has 0 saturated heterocycles. The van der Waals surface area contributed by atoms with Gasteiger partial charge >= 0.3 is 0 Å². The SMILES string of the molecule is CS(=O)(=O)OCc1ccc(-c2cnccn2)cc1. The topological polar surface area (TPSA) is 69.2 Å². The standard InChI is InChI=1S/C12H12N2O3S/c1-18(15,16)17-9-10-2-4-11(5-3-10)12-8-13-6-7-14-12/h2-8H,9H2,1H3. The summed E-state index contributed by atoms with van der Waals surface area (Å²) < 4.78 is 26.4. The minimum atomic E-state index is -3.41. The van der Waals surface area contributed by atoms with Gasteiger partial charge in [-0.2, -0.15) is 8.42 Å². The van der Waals surface area contributed by atoms with Gasteiger partial charge in [0.25, 0.3) is 10.1 Å². The van der Waals surface area contributed by atoms with Gasteiger partial charge in [0.2, 0.25) is 0 Å². The quantitative estimate of drug-likeness (QED) is 0.785. The molecule has 0 atom stereocenters. The normalized spacial score (nSPS) is 11.4. The molecule has 2 rings (SSSR count). The second kappa shape index (κ2) is 5.24. The van der Waals surface area contributed by atoms with Gasteiger partial charge in [-0.1, -0.05) is 24.3 Å². The Bertz CT molecular complexity index is 610. The van der Waals surface area contributed by atoms with E-state index in [9.17, 15) is 8.42 Å². The van der Waals surface area contributed by atoms with E-state index in [4.69, 9.17) is 4.18 Å². The molecule has 0 bridgehead atoms. The average Bonchev–Trinajstić information content (AvgIpc) is 2.37. The Morgan fingerprint density at radius 1 is 1.17 bits per heavy atom. The molecule has 5 nitrogen and oxygen atoms in total. The van der Waals surface area contributed by atoms with Crippen molar-refractivity contribution in [2.45, 2.75) is 6.61 Å². The first-order valence-electron chi connectivity index (χ1n) is 5.24. The van der Waals surface area contributed by atoms with Crippen molar-refractivity contribution in [1.82, 2.24) is 9.97 Å². The summed E-state index contributed by atoms with van der Waals surface area (Å²) in [5, 5.41) is 0. The molecular formula is C12H12N2O3S. The number of nitrogens with zero attached hydrogens (tertiary/aromatic N) is 2. The van der Waals surface area contributed by atoms with Gasteiger partial charge in [-0.15, -0.1) is 0 Å². The van der Waals surface area contributed by atoms with Crippen molar-refractivity contribution in [2.24, 2.45) is 0 Å². The minimum Gasteiger partial charge on any atom is -0.265 e. The highest BCUT2D eigenvalue weighted by atomic mass is 32.2. The van der Waals surface area contributed by atoms with Crippen LogP contribution in [0.15, 0.2) is 42.9 Å². The predicted octanol–water partition coefficient (Wildman–Crippen LogP) is 1.62. The van der Waals surface area contributed by atoms with E-state index in [-0.39, 0.29) is 6.61 Å². The molecule has 0 aliphatic carbocycles. The van der Waals surface area contributed by atoms with Gasteiger partial charge in [0, 0.05) is 18.0 Å². The van der Waals surface area contributed by atoms with E-state index in [1.54, 1.807) is 30.7 Å². The first kappa shape index (κ1) is 12.7. The molecule has 94 valence electrons. The van der Waals surface area contributed by atoms with Gasteiger partial charge in [0.1, 0.15) is 0 Å². The number of hydrogen-bond acceptors (Lipinski definition) is 5. The summed E-state index contributed by atoms with van der Waals surface area (Å²) in [6.07, 6.45) is 5.93. The average molecular weight is 264 g/mol. The van der Waals surface area contributed by atoms with Crippen LogP contribution in [-0.2, 0) is 20.9 Å². The third kappa shape index (κ3) is 3.61. The fourth-order valence-electron chi connectivity index (χ4n) is 1.39. The van der Waals surface area contributed by atoms with E-state index >= 15 is 0 Å². The van der Waals surface area contributed by atoms with Crippen molar-refractivity contribution in [3.63, 3.8) is 0 Å². The maximum atomic E-state index is 10.9. The molecule has 0 saturated carbocycles. The molecule has 6 heteroatoms. The number of benzene rings is 1. The van der Waals surface area contributed by atoms with E-state index in [0.29, 0.717) is 0 Å². The molecule has 2 aromatic rings. The van der Waals surface area contributed by atoms with Crippen LogP contribution in [0, 0.1) is 0 Å². The van der Waals surface area contributed by atoms with Gasteiger partial charge in [0.15, 0.2) is 0 Å². The van der Waals surface area contributed by atoms with E-state index < -0.39 is 10.1 Å². The number of rotatable bonds is 4. The van der Waals surface area contributed by atoms with Crippen molar-refractivity contribution in [3.05, 3.63) is 48.4 Å². The highest BCUT2D eigenvalue weighted by Gasteiger charge is 2.03. The smallest absolute Gasteiger partial charge is 0.264 e. The van der Waals surface area contributed by atoms with Crippen LogP contribution in [0.3, 0.4) is 0 Å². The van der Waals surface area contributed by atoms with Crippen LogP contribution in [0.2, 0.25) is 0 Å². The summed E-state index contributed by atoms with van der Waals surface area (Å²) in [5.41, 5.74) is 2.48. The Kier molecular flexibility index (Phi) is 3.69. The van der Waals surface area contributed by atoms with Crippen molar-refractivity contribution in [2.75, 3.05) is 6.26 Å². The minimum absolute atomic E-state index is 0.0413. The van der Waals surface area contributed by atoms with Crippen LogP contribution in [-0.4, -0.2) is 24.6 Å². The van der Waals surface area contributed by atoms with E-state index in [1.807, 2.05) is 12.1 Å². The Labute approximate surface area is 106 Å². The highest BCUT2D eigenvalue weighted by molar-refractivity contribution is 7.85. The van der Waals surface area contributed by atoms with Gasteiger partial charge in [-0.3, -0.25) is 14.2 Å². The van der Waals surface area contributed by atoms with Gasteiger partial charge in [-0.05, 0) is 5.56 Å². The molecule has 1 heterocycles. The molecule has 0 unspecified atom stereocenters. The molecule has 0 aliphatic heterocycles. The summed E-state index contributed by atoms with van der Waals surface area (Å²) in [5.74, 6) is 0. The van der Waals surface area contributed by atoms with Crippen LogP contribution >= 0.6 is 0 Å². The van der Waals surface area contributed by atoms with E-state index in [0.717, 1.165) is 23.1 Å². The second-order valence-corrected chi connectivity index (χ2v) is 5.40. The highest BCUT2D eigenvalue weighted by Crippen LogP contribution is 2.16. The van der Waals surface area contributed by atoms with Gasteiger partial charge in [0.05, 0.1) is 24.8 Å². The molecule has 0 radical (unpaired) electrons. The van der Waals surface area contributed by atoms with Crippen molar-refractivity contribution in [3.8, 4) is 11.3 Å². The maximum Gasteiger partial charge on any atom is 0.264 e. The lowest BCUT2D eigenvalue weighted by molar-refractivity contribution is 0.312. The zero-order chi connectivity index (χ0) is 13.0. The van der Waals surface area contributed by atoms with Crippen LogP contribution < -0.4 is 0 Å². The summed E-state index contributed by atoms with van der Waals surface area (Å²) in [6, 6.07) is 7.31. The molecule has 0 amide bonds. The van der Waals surface area contributed by atoms with Crippen molar-refractivity contribution < 1.29 is 12.6 Å². The molecular weight excluding hydrogens is 252 g/mol. The Morgan fingerprint density at radius 3 is 2.44 bits per heavy atom. The fraction of sp³-hybridized carbons (Fsp3) is 0.167. The lowest BCUT2D eigenvalue weighted by Crippen LogP contribution is -2.02. The predicted molar refractivity (Wildman–Crippen MR) is 67.1 cm³/mol. The van der Waals surface area contributed by atoms with Crippen LogP contribution in [0.4, 0.5) is 0 Å². The lowest BCUT2D eigenvalue weighted by atomic mass is 10.1. The van der Waals surface area contributed by atoms with Gasteiger partial charge in [-0.25, -0.2) is 0 Å². The first-order valence-corrected chi connectivity index (χ1v) is 7.06. The summed E-state index contributed by atoms with van der Waals surface area (Å²) in [4.78, 5) is 8.16. The van der Waals surface area contributed by atoms with Crippen LogP contribution in [0.1, 0.15) is 5.56 Å². The van der Waals surface area contributed by atoms with Crippen LogP contribution in [0.5, 0.6) is 0 Å². The molecule has 0 spiro atoms. The molecule has 1 aromatic carbocycles. The Balaban J connectivity index is 2.11. The Hall–Kier alpha value is -1.79. The monoisotopic (exact) mass is 264 g/mol. The third-order valence-corrected chi connectivity index (χ3v) is 2.80. The fourth-order valence-corrected chi connectivity index (χ4v) is 1.75. The molecule has 18 heavy (non-hydrogen) atoms. The summed E-state index contributed by atoms with van der Waals surface area (Å²) in [7, 11) is -3.41. The molecule has 0 aliphatic rings.